The molecule has 1 aliphatic rings. The predicted molar refractivity (Wildman–Crippen MR) is 93.8 cm³/mol. The third kappa shape index (κ3) is 6.30. The van der Waals surface area contributed by atoms with Crippen molar-refractivity contribution in [3.63, 3.8) is 0 Å². The molecule has 0 radical (unpaired) electrons. The highest BCUT2D eigenvalue weighted by Gasteiger charge is 2.31. The Morgan fingerprint density at radius 2 is 2.00 bits per heavy atom. The Balaban J connectivity index is 2.90. The van der Waals surface area contributed by atoms with Crippen LogP contribution in [0.15, 0.2) is 46.6 Å². The van der Waals surface area contributed by atoms with Crippen LogP contribution in [-0.4, -0.2) is 22.3 Å². The van der Waals surface area contributed by atoms with E-state index in [1.165, 1.54) is 0 Å². The highest BCUT2D eigenvalue weighted by atomic mass is 16.4. The van der Waals surface area contributed by atoms with E-state index in [0.717, 1.165) is 29.2 Å². The van der Waals surface area contributed by atoms with Crippen LogP contribution in [0.2, 0.25) is 0 Å². The topological polar surface area (TPSA) is 57.5 Å². The van der Waals surface area contributed by atoms with Gasteiger partial charge in [0.2, 0.25) is 0 Å². The van der Waals surface area contributed by atoms with Crippen LogP contribution in [0, 0.1) is 17.3 Å². The van der Waals surface area contributed by atoms with Crippen LogP contribution < -0.4 is 0 Å². The second kappa shape index (κ2) is 7.99. The Morgan fingerprint density at radius 1 is 1.35 bits per heavy atom. The Hall–Kier alpha value is -2.05. The largest absolute Gasteiger partial charge is 0.478 e. The average molecular weight is 314 g/mol. The molecule has 0 aromatic rings. The molecule has 23 heavy (non-hydrogen) atoms. The van der Waals surface area contributed by atoms with Crippen molar-refractivity contribution in [2.24, 2.45) is 5.41 Å². The number of hydrogen-bond acceptors (Lipinski definition) is 2. The summed E-state index contributed by atoms with van der Waals surface area (Å²) in [7, 11) is 0. The van der Waals surface area contributed by atoms with Gasteiger partial charge in [0.05, 0.1) is 6.10 Å². The molecule has 3 heteroatoms. The van der Waals surface area contributed by atoms with Gasteiger partial charge in [-0.2, -0.15) is 0 Å². The maximum atomic E-state index is 10.5. The maximum absolute atomic E-state index is 10.5. The molecule has 1 unspecified atom stereocenters. The molecule has 0 spiro atoms. The van der Waals surface area contributed by atoms with Gasteiger partial charge in [-0.05, 0) is 44.8 Å². The van der Waals surface area contributed by atoms with E-state index in [2.05, 4.69) is 25.7 Å². The number of allylic oxidation sites excluding steroid dienone is 6. The van der Waals surface area contributed by atoms with E-state index < -0.39 is 5.97 Å². The van der Waals surface area contributed by atoms with Crippen LogP contribution in [0.4, 0.5) is 0 Å². The summed E-state index contributed by atoms with van der Waals surface area (Å²) < 4.78 is 0. The summed E-state index contributed by atoms with van der Waals surface area (Å²) in [4.78, 5) is 10.5. The number of aliphatic hydroxyl groups excluding tert-OH is 1. The molecule has 0 bridgehead atoms. The van der Waals surface area contributed by atoms with Gasteiger partial charge >= 0.3 is 5.97 Å². The maximum Gasteiger partial charge on any atom is 0.328 e. The quantitative estimate of drug-likeness (QED) is 0.470. The number of rotatable bonds is 3. The number of carbonyl (C=O) groups is 1. The molecule has 1 aliphatic carbocycles. The molecule has 124 valence electrons. The standard InChI is InChI=1S/C20H26O3/c1-14(7-6-8-15(2)11-19(22)23)9-10-18-16(3)12-17(21)13-20(18,4)5/h6-8,11,17,21H,12-13H2,1-5H3,(H,22,23). The molecule has 1 atom stereocenters. The van der Waals surface area contributed by atoms with Crippen LogP contribution >= 0.6 is 0 Å². The van der Waals surface area contributed by atoms with E-state index in [1.54, 1.807) is 19.1 Å². The molecule has 2 N–H and O–H groups in total. The van der Waals surface area contributed by atoms with Crippen molar-refractivity contribution in [3.05, 3.63) is 46.6 Å². The first-order valence-corrected chi connectivity index (χ1v) is 7.78. The minimum absolute atomic E-state index is 0.105. The summed E-state index contributed by atoms with van der Waals surface area (Å²) in [6.45, 7) is 9.93. The van der Waals surface area contributed by atoms with Gasteiger partial charge in [-0.25, -0.2) is 4.79 Å². The summed E-state index contributed by atoms with van der Waals surface area (Å²) in [5, 5.41) is 18.5. The van der Waals surface area contributed by atoms with E-state index >= 15 is 0 Å². The fourth-order valence-electron chi connectivity index (χ4n) is 2.86. The number of carboxylic acids is 1. The average Bonchev–Trinajstić information content (AvgIpc) is 2.35. The molecule has 0 aromatic carbocycles. The van der Waals surface area contributed by atoms with Crippen LogP contribution in [0.5, 0.6) is 0 Å². The van der Waals surface area contributed by atoms with Crippen molar-refractivity contribution in [1.82, 2.24) is 0 Å². The van der Waals surface area contributed by atoms with Crippen molar-refractivity contribution < 1.29 is 15.0 Å². The molecule has 0 saturated heterocycles. The zero-order valence-corrected chi connectivity index (χ0v) is 14.6. The van der Waals surface area contributed by atoms with Gasteiger partial charge in [0.1, 0.15) is 0 Å². The summed E-state index contributed by atoms with van der Waals surface area (Å²) in [6, 6.07) is 0. The first kappa shape index (κ1) is 19.0. The van der Waals surface area contributed by atoms with Gasteiger partial charge in [-0.1, -0.05) is 49.5 Å². The summed E-state index contributed by atoms with van der Waals surface area (Å²) >= 11 is 0. The van der Waals surface area contributed by atoms with Gasteiger partial charge in [0.15, 0.2) is 0 Å². The number of hydrogen-bond donors (Lipinski definition) is 2. The van der Waals surface area contributed by atoms with Gasteiger partial charge in [0, 0.05) is 17.1 Å². The third-order valence-electron chi connectivity index (χ3n) is 3.83. The van der Waals surface area contributed by atoms with Gasteiger partial charge < -0.3 is 10.2 Å². The Morgan fingerprint density at radius 3 is 2.57 bits per heavy atom. The van der Waals surface area contributed by atoms with Gasteiger partial charge in [0.25, 0.3) is 0 Å². The van der Waals surface area contributed by atoms with Crippen molar-refractivity contribution in [2.75, 3.05) is 0 Å². The first-order valence-electron chi connectivity index (χ1n) is 7.78. The summed E-state index contributed by atoms with van der Waals surface area (Å²) in [5.74, 6) is 5.46. The van der Waals surface area contributed by atoms with Crippen LogP contribution in [0.1, 0.15) is 47.5 Å². The minimum Gasteiger partial charge on any atom is -0.478 e. The predicted octanol–water partition coefficient (Wildman–Crippen LogP) is 4.02. The van der Waals surface area contributed by atoms with Crippen molar-refractivity contribution >= 4 is 5.97 Å². The van der Waals surface area contributed by atoms with Crippen LogP contribution in [0.3, 0.4) is 0 Å². The minimum atomic E-state index is -0.947. The fraction of sp³-hybridized carbons (Fsp3) is 0.450. The lowest BCUT2D eigenvalue weighted by Crippen LogP contribution is -2.28. The van der Waals surface area contributed by atoms with Crippen molar-refractivity contribution in [2.45, 2.75) is 53.6 Å². The van der Waals surface area contributed by atoms with E-state index in [-0.39, 0.29) is 11.5 Å². The molecule has 0 amide bonds. The normalized spacial score (nSPS) is 22.1. The highest BCUT2D eigenvalue weighted by molar-refractivity contribution is 5.81. The first-order chi connectivity index (χ1) is 10.6. The fourth-order valence-corrected chi connectivity index (χ4v) is 2.86. The molecule has 0 saturated carbocycles. The zero-order valence-electron chi connectivity index (χ0n) is 14.6. The van der Waals surface area contributed by atoms with Crippen molar-refractivity contribution in [1.29, 1.82) is 0 Å². The summed E-state index contributed by atoms with van der Waals surface area (Å²) in [5.41, 5.74) is 3.75. The molecule has 0 heterocycles. The molecule has 0 fully saturated rings. The third-order valence-corrected chi connectivity index (χ3v) is 3.83. The molecule has 0 aromatic heterocycles. The molecule has 0 aliphatic heterocycles. The lowest BCUT2D eigenvalue weighted by atomic mass is 9.72. The lowest BCUT2D eigenvalue weighted by Gasteiger charge is -2.34. The van der Waals surface area contributed by atoms with Crippen molar-refractivity contribution in [3.8, 4) is 11.8 Å². The monoisotopic (exact) mass is 314 g/mol. The molecule has 1 rings (SSSR count). The SMILES string of the molecule is CC(C#CC1=C(C)CC(O)CC1(C)C)=CC=CC(C)=CC(=O)O. The van der Waals surface area contributed by atoms with E-state index in [9.17, 15) is 9.90 Å². The van der Waals surface area contributed by atoms with E-state index in [1.807, 2.05) is 19.9 Å². The van der Waals surface area contributed by atoms with E-state index in [4.69, 9.17) is 5.11 Å². The number of carboxylic acid groups (broad SMARTS) is 1. The Bertz CT molecular complexity index is 646. The van der Waals surface area contributed by atoms with Gasteiger partial charge in [-0.3, -0.25) is 0 Å². The van der Waals surface area contributed by atoms with E-state index in [0.29, 0.717) is 12.0 Å². The molecule has 3 nitrogen and oxygen atoms in total. The zero-order chi connectivity index (χ0) is 17.6. The molecular weight excluding hydrogens is 288 g/mol. The van der Waals surface area contributed by atoms with Gasteiger partial charge in [-0.15, -0.1) is 0 Å². The van der Waals surface area contributed by atoms with Crippen LogP contribution in [-0.2, 0) is 4.79 Å². The van der Waals surface area contributed by atoms with Crippen LogP contribution in [0.25, 0.3) is 0 Å². The number of aliphatic hydroxyl groups is 1. The number of aliphatic carboxylic acids is 1. The Kier molecular flexibility index (Phi) is 6.60. The highest BCUT2D eigenvalue weighted by Crippen LogP contribution is 2.39. The Labute approximate surface area is 139 Å². The smallest absolute Gasteiger partial charge is 0.328 e. The lowest BCUT2D eigenvalue weighted by molar-refractivity contribution is -0.131. The second-order valence-corrected chi connectivity index (χ2v) is 6.79. The second-order valence-electron chi connectivity index (χ2n) is 6.79. The molecular formula is C20H26O3. The summed E-state index contributed by atoms with van der Waals surface area (Å²) in [6.07, 6.45) is 7.72.